The first-order valence-electron chi connectivity index (χ1n) is 7.87. The zero-order valence-corrected chi connectivity index (χ0v) is 14.8. The molecule has 134 valence electrons. The van der Waals surface area contributed by atoms with Gasteiger partial charge in [-0.1, -0.05) is 35.4 Å². The Labute approximate surface area is 155 Å². The molecule has 1 aromatic carbocycles. The van der Waals surface area contributed by atoms with Gasteiger partial charge in [0, 0.05) is 26.2 Å². The van der Waals surface area contributed by atoms with Crippen molar-refractivity contribution in [1.82, 2.24) is 10.6 Å². The van der Waals surface area contributed by atoms with Crippen LogP contribution in [-0.2, 0) is 9.59 Å². The molecule has 2 atom stereocenters. The van der Waals surface area contributed by atoms with Crippen molar-refractivity contribution in [2.75, 3.05) is 36.4 Å². The van der Waals surface area contributed by atoms with Crippen LogP contribution in [0.1, 0.15) is 0 Å². The van der Waals surface area contributed by atoms with E-state index in [0.717, 1.165) is 18.8 Å². The Morgan fingerprint density at radius 1 is 1.08 bits per heavy atom. The highest BCUT2D eigenvalue weighted by molar-refractivity contribution is 6.37. The van der Waals surface area contributed by atoms with E-state index in [1.165, 1.54) is 0 Å². The van der Waals surface area contributed by atoms with E-state index in [0.29, 0.717) is 28.8 Å². The number of piperazine rings is 1. The second-order valence-corrected chi connectivity index (χ2v) is 6.67. The van der Waals surface area contributed by atoms with Gasteiger partial charge >= 0.3 is 5.97 Å². The monoisotopic (exact) mass is 384 g/mol. The molecule has 2 heterocycles. The Bertz CT molecular complexity index is 718. The molecule has 3 rings (SSSR count). The first-order valence-corrected chi connectivity index (χ1v) is 8.62. The van der Waals surface area contributed by atoms with Gasteiger partial charge in [-0.25, -0.2) is 0 Å². The summed E-state index contributed by atoms with van der Waals surface area (Å²) in [6.45, 7) is 2.47. The molecule has 2 aliphatic rings. The van der Waals surface area contributed by atoms with Crippen molar-refractivity contribution in [3.63, 3.8) is 0 Å². The molecule has 1 amide bonds. The fourth-order valence-corrected chi connectivity index (χ4v) is 3.41. The van der Waals surface area contributed by atoms with Crippen LogP contribution in [0.25, 0.3) is 0 Å². The molecular weight excluding hydrogens is 367 g/mol. The summed E-state index contributed by atoms with van der Waals surface area (Å²) in [5.74, 6) is -1.57. The number of carboxylic acid groups (broad SMARTS) is 1. The highest BCUT2D eigenvalue weighted by Crippen LogP contribution is 2.35. The molecule has 0 aromatic heterocycles. The van der Waals surface area contributed by atoms with Gasteiger partial charge in [0.2, 0.25) is 5.91 Å². The van der Waals surface area contributed by atoms with Crippen molar-refractivity contribution >= 4 is 46.5 Å². The Hall–Kier alpha value is -1.80. The van der Waals surface area contributed by atoms with Gasteiger partial charge in [-0.05, 0) is 12.1 Å². The number of amides is 1. The van der Waals surface area contributed by atoms with Crippen molar-refractivity contribution in [1.29, 1.82) is 0 Å². The minimum atomic E-state index is -1.09. The van der Waals surface area contributed by atoms with Crippen LogP contribution in [0.4, 0.5) is 11.4 Å². The summed E-state index contributed by atoms with van der Waals surface area (Å²) in [6.07, 6.45) is 4.07. The third-order valence-corrected chi connectivity index (χ3v) is 4.80. The largest absolute Gasteiger partial charge is 0.480 e. The second kappa shape index (κ2) is 7.61. The van der Waals surface area contributed by atoms with Gasteiger partial charge in [-0.15, -0.1) is 0 Å². The minimum absolute atomic E-state index is 0.343. The molecule has 4 N–H and O–H groups in total. The first kappa shape index (κ1) is 18.0. The molecule has 0 saturated carbocycles. The Morgan fingerprint density at radius 3 is 2.36 bits per heavy atom. The minimum Gasteiger partial charge on any atom is -0.480 e. The molecule has 0 radical (unpaired) electrons. The van der Waals surface area contributed by atoms with Gasteiger partial charge in [0.1, 0.15) is 12.1 Å². The lowest BCUT2D eigenvalue weighted by Gasteiger charge is -2.30. The zero-order chi connectivity index (χ0) is 18.0. The number of aliphatic carboxylic acids is 1. The molecular formula is C16H18Cl2N4O3. The first-order chi connectivity index (χ1) is 12.0. The van der Waals surface area contributed by atoms with Crippen molar-refractivity contribution in [2.24, 2.45) is 0 Å². The van der Waals surface area contributed by atoms with Gasteiger partial charge < -0.3 is 26.0 Å². The van der Waals surface area contributed by atoms with Gasteiger partial charge in [0.15, 0.2) is 0 Å². The summed E-state index contributed by atoms with van der Waals surface area (Å²) in [6, 6.07) is 1.39. The van der Waals surface area contributed by atoms with E-state index < -0.39 is 24.0 Å². The van der Waals surface area contributed by atoms with Crippen LogP contribution in [0.3, 0.4) is 0 Å². The highest BCUT2D eigenvalue weighted by Gasteiger charge is 2.35. The van der Waals surface area contributed by atoms with Crippen molar-refractivity contribution in [3.05, 3.63) is 34.3 Å². The lowest BCUT2D eigenvalue weighted by Crippen LogP contribution is -2.63. The van der Waals surface area contributed by atoms with Gasteiger partial charge in [0.25, 0.3) is 0 Å². The van der Waals surface area contributed by atoms with Crippen LogP contribution in [0, 0.1) is 0 Å². The van der Waals surface area contributed by atoms with Crippen molar-refractivity contribution in [2.45, 2.75) is 12.1 Å². The SMILES string of the molecule is O=C(O)C1NCCNC1C(=O)Nc1cc(Cl)c(N2CC=CC2)cc1Cl. The fraction of sp³-hybridized carbons (Fsp3) is 0.375. The Kier molecular flexibility index (Phi) is 5.48. The van der Waals surface area contributed by atoms with Crippen LogP contribution in [0.2, 0.25) is 10.0 Å². The van der Waals surface area contributed by atoms with Crippen LogP contribution in [-0.4, -0.2) is 55.2 Å². The van der Waals surface area contributed by atoms with E-state index in [-0.39, 0.29) is 0 Å². The zero-order valence-electron chi connectivity index (χ0n) is 13.3. The topological polar surface area (TPSA) is 93.7 Å². The molecule has 0 spiro atoms. The molecule has 1 saturated heterocycles. The molecule has 2 aliphatic heterocycles. The van der Waals surface area contributed by atoms with Crippen molar-refractivity contribution in [3.8, 4) is 0 Å². The predicted molar refractivity (Wildman–Crippen MR) is 97.7 cm³/mol. The van der Waals surface area contributed by atoms with E-state index in [4.69, 9.17) is 23.2 Å². The number of hydrogen-bond donors (Lipinski definition) is 4. The quantitative estimate of drug-likeness (QED) is 0.585. The van der Waals surface area contributed by atoms with E-state index in [1.807, 2.05) is 17.1 Å². The number of hydrogen-bond acceptors (Lipinski definition) is 5. The van der Waals surface area contributed by atoms with E-state index in [1.54, 1.807) is 12.1 Å². The van der Waals surface area contributed by atoms with E-state index >= 15 is 0 Å². The maximum atomic E-state index is 12.5. The molecule has 0 aliphatic carbocycles. The molecule has 1 fully saturated rings. The summed E-state index contributed by atoms with van der Waals surface area (Å²) in [4.78, 5) is 25.8. The summed E-state index contributed by atoms with van der Waals surface area (Å²) in [7, 11) is 0. The number of benzene rings is 1. The summed E-state index contributed by atoms with van der Waals surface area (Å²) in [5, 5.41) is 18.4. The average molecular weight is 385 g/mol. The number of carbonyl (C=O) groups is 2. The Balaban J connectivity index is 1.76. The fourth-order valence-electron chi connectivity index (χ4n) is 2.92. The highest BCUT2D eigenvalue weighted by atomic mass is 35.5. The summed E-state index contributed by atoms with van der Waals surface area (Å²) >= 11 is 12.6. The number of nitrogens with zero attached hydrogens (tertiary/aromatic N) is 1. The molecule has 9 heteroatoms. The normalized spacial score (nSPS) is 22.9. The number of carbonyl (C=O) groups excluding carboxylic acids is 1. The van der Waals surface area contributed by atoms with Gasteiger partial charge in [0.05, 0.1) is 21.4 Å². The van der Waals surface area contributed by atoms with Crippen molar-refractivity contribution < 1.29 is 14.7 Å². The summed E-state index contributed by atoms with van der Waals surface area (Å²) in [5.41, 5.74) is 1.14. The van der Waals surface area contributed by atoms with Gasteiger partial charge in [-0.3, -0.25) is 9.59 Å². The lowest BCUT2D eigenvalue weighted by atomic mass is 10.1. The van der Waals surface area contributed by atoms with Crippen LogP contribution in [0.15, 0.2) is 24.3 Å². The Morgan fingerprint density at radius 2 is 1.72 bits per heavy atom. The number of halogens is 2. The van der Waals surface area contributed by atoms with Crippen LogP contribution in [0.5, 0.6) is 0 Å². The van der Waals surface area contributed by atoms with Gasteiger partial charge in [-0.2, -0.15) is 0 Å². The number of rotatable bonds is 4. The third kappa shape index (κ3) is 3.90. The van der Waals surface area contributed by atoms with Crippen LogP contribution < -0.4 is 20.9 Å². The maximum Gasteiger partial charge on any atom is 0.322 e. The summed E-state index contributed by atoms with van der Waals surface area (Å²) < 4.78 is 0. The van der Waals surface area contributed by atoms with E-state index in [2.05, 4.69) is 16.0 Å². The molecule has 25 heavy (non-hydrogen) atoms. The predicted octanol–water partition coefficient (Wildman–Crippen LogP) is 1.32. The maximum absolute atomic E-state index is 12.5. The lowest BCUT2D eigenvalue weighted by molar-refractivity contribution is -0.142. The standard InChI is InChI=1S/C16H18Cl2N4O3/c17-9-8-12(22-5-1-2-6-22)10(18)7-11(9)21-15(23)13-14(16(24)25)20-4-3-19-13/h1-2,7-8,13-14,19-20H,3-6H2,(H,21,23)(H,24,25). The second-order valence-electron chi connectivity index (χ2n) is 5.85. The van der Waals surface area contributed by atoms with Crippen LogP contribution >= 0.6 is 23.2 Å². The van der Waals surface area contributed by atoms with E-state index in [9.17, 15) is 14.7 Å². The molecule has 0 bridgehead atoms. The molecule has 2 unspecified atom stereocenters. The third-order valence-electron chi connectivity index (χ3n) is 4.19. The average Bonchev–Trinajstić information content (AvgIpc) is 3.12. The number of nitrogens with one attached hydrogen (secondary N) is 3. The molecule has 1 aromatic rings. The molecule has 7 nitrogen and oxygen atoms in total. The number of anilines is 2. The number of carboxylic acids is 1. The smallest absolute Gasteiger partial charge is 0.322 e.